The number of aromatic nitrogens is 2. The summed E-state index contributed by atoms with van der Waals surface area (Å²) in [6, 6.07) is 2.08. The van der Waals surface area contributed by atoms with E-state index in [9.17, 15) is 0 Å². The Kier molecular flexibility index (Phi) is 4.78. The highest BCUT2D eigenvalue weighted by Crippen LogP contribution is 2.16. The number of ether oxygens (including phenoxy) is 1. The van der Waals surface area contributed by atoms with Gasteiger partial charge in [0, 0.05) is 20.0 Å². The summed E-state index contributed by atoms with van der Waals surface area (Å²) in [5, 5.41) is 12.2. The number of methoxy groups -OCH3 is 1. The van der Waals surface area contributed by atoms with E-state index in [1.807, 2.05) is 6.92 Å². The zero-order valence-corrected chi connectivity index (χ0v) is 9.06. The van der Waals surface area contributed by atoms with Gasteiger partial charge in [-0.05, 0) is 12.8 Å². The van der Waals surface area contributed by atoms with Gasteiger partial charge < -0.3 is 9.26 Å². The molecule has 0 N–H and O–H groups in total. The molecule has 0 radical (unpaired) electrons. The van der Waals surface area contributed by atoms with E-state index in [2.05, 4.69) is 16.2 Å². The Balaban J connectivity index is 2.52. The number of hydrogen-bond acceptors (Lipinski definition) is 5. The van der Waals surface area contributed by atoms with Crippen LogP contribution in [0.4, 0.5) is 0 Å². The largest absolute Gasteiger partial charge is 0.373 e. The van der Waals surface area contributed by atoms with Gasteiger partial charge in [-0.2, -0.15) is 10.2 Å². The quantitative estimate of drug-likeness (QED) is 0.670. The number of rotatable bonds is 6. The van der Waals surface area contributed by atoms with Crippen LogP contribution in [0.5, 0.6) is 0 Å². The second-order valence-electron chi connectivity index (χ2n) is 3.19. The maximum atomic E-state index is 8.38. The number of aryl methyl sites for hydroxylation is 1. The molecule has 1 aromatic rings. The number of nitrogens with zero attached hydrogens (tertiary/aromatic N) is 3. The molecule has 1 rings (SSSR count). The lowest BCUT2D eigenvalue weighted by Crippen LogP contribution is -2.02. The van der Waals surface area contributed by atoms with E-state index in [4.69, 9.17) is 14.5 Å². The van der Waals surface area contributed by atoms with Gasteiger partial charge in [0.1, 0.15) is 6.10 Å². The minimum absolute atomic E-state index is 0.0986. The third kappa shape index (κ3) is 3.33. The second-order valence-corrected chi connectivity index (χ2v) is 3.19. The fourth-order valence-corrected chi connectivity index (χ4v) is 1.27. The van der Waals surface area contributed by atoms with Crippen LogP contribution >= 0.6 is 0 Å². The van der Waals surface area contributed by atoms with Gasteiger partial charge in [-0.3, -0.25) is 0 Å². The highest BCUT2D eigenvalue weighted by Gasteiger charge is 2.15. The molecule has 0 aliphatic heterocycles. The minimum Gasteiger partial charge on any atom is -0.373 e. The van der Waals surface area contributed by atoms with Crippen molar-refractivity contribution in [2.75, 3.05) is 7.11 Å². The zero-order chi connectivity index (χ0) is 11.1. The van der Waals surface area contributed by atoms with Gasteiger partial charge in [-0.15, -0.1) is 0 Å². The van der Waals surface area contributed by atoms with Crippen LogP contribution in [-0.2, 0) is 11.2 Å². The van der Waals surface area contributed by atoms with Crippen molar-refractivity contribution in [3.05, 3.63) is 11.7 Å². The van der Waals surface area contributed by atoms with Crippen molar-refractivity contribution < 1.29 is 9.26 Å². The van der Waals surface area contributed by atoms with E-state index in [1.165, 1.54) is 0 Å². The molecule has 0 aliphatic rings. The first-order valence-electron chi connectivity index (χ1n) is 5.04. The van der Waals surface area contributed by atoms with E-state index < -0.39 is 0 Å². The lowest BCUT2D eigenvalue weighted by molar-refractivity contribution is 0.0903. The average molecular weight is 209 g/mol. The predicted molar refractivity (Wildman–Crippen MR) is 52.9 cm³/mol. The molecule has 0 fully saturated rings. The van der Waals surface area contributed by atoms with Gasteiger partial charge in [-0.1, -0.05) is 12.1 Å². The Morgan fingerprint density at radius 2 is 2.40 bits per heavy atom. The summed E-state index contributed by atoms with van der Waals surface area (Å²) in [5.74, 6) is 1.17. The normalized spacial score (nSPS) is 12.3. The molecule has 5 nitrogen and oxygen atoms in total. The number of nitriles is 1. The van der Waals surface area contributed by atoms with E-state index in [1.54, 1.807) is 7.11 Å². The van der Waals surface area contributed by atoms with Crippen LogP contribution in [0.3, 0.4) is 0 Å². The van der Waals surface area contributed by atoms with E-state index >= 15 is 0 Å². The molecular weight excluding hydrogens is 194 g/mol. The zero-order valence-electron chi connectivity index (χ0n) is 9.06. The summed E-state index contributed by atoms with van der Waals surface area (Å²) in [7, 11) is 1.62. The third-order valence-electron chi connectivity index (χ3n) is 2.11. The molecule has 1 atom stereocenters. The fourth-order valence-electron chi connectivity index (χ4n) is 1.27. The maximum absolute atomic E-state index is 8.38. The van der Waals surface area contributed by atoms with Crippen molar-refractivity contribution >= 4 is 0 Å². The van der Waals surface area contributed by atoms with Crippen molar-refractivity contribution in [1.82, 2.24) is 10.1 Å². The van der Waals surface area contributed by atoms with Gasteiger partial charge in [0.05, 0.1) is 6.07 Å². The molecule has 0 bridgehead atoms. The molecule has 0 aliphatic carbocycles. The molecule has 0 spiro atoms. The molecule has 1 unspecified atom stereocenters. The Hall–Kier alpha value is -1.41. The predicted octanol–water partition coefficient (Wildman–Crippen LogP) is 2.01. The van der Waals surface area contributed by atoms with Gasteiger partial charge in [-0.25, -0.2) is 0 Å². The molecule has 15 heavy (non-hydrogen) atoms. The van der Waals surface area contributed by atoms with E-state index in [0.717, 1.165) is 12.8 Å². The summed E-state index contributed by atoms with van der Waals surface area (Å²) in [6.07, 6.45) is 2.63. The van der Waals surface area contributed by atoms with Crippen LogP contribution in [0.25, 0.3) is 0 Å². The molecule has 0 saturated carbocycles. The molecular formula is C10H15N3O2. The smallest absolute Gasteiger partial charge is 0.226 e. The van der Waals surface area contributed by atoms with Crippen LogP contribution in [-0.4, -0.2) is 17.3 Å². The van der Waals surface area contributed by atoms with Crippen molar-refractivity contribution in [2.45, 2.75) is 38.7 Å². The molecule has 0 amide bonds. The summed E-state index contributed by atoms with van der Waals surface area (Å²) < 4.78 is 10.2. The summed E-state index contributed by atoms with van der Waals surface area (Å²) in [4.78, 5) is 4.21. The van der Waals surface area contributed by atoms with Gasteiger partial charge >= 0.3 is 0 Å². The first-order valence-corrected chi connectivity index (χ1v) is 5.04. The van der Waals surface area contributed by atoms with E-state index in [0.29, 0.717) is 24.6 Å². The molecule has 1 heterocycles. The van der Waals surface area contributed by atoms with Gasteiger partial charge in [0.15, 0.2) is 0 Å². The standard InChI is InChI=1S/C10H15N3O2/c1-3-8(14-2)10-12-9(15-13-10)6-4-5-7-11/h8H,3-6H2,1-2H3. The van der Waals surface area contributed by atoms with Crippen molar-refractivity contribution in [2.24, 2.45) is 0 Å². The van der Waals surface area contributed by atoms with Crippen LogP contribution < -0.4 is 0 Å². The van der Waals surface area contributed by atoms with E-state index in [-0.39, 0.29) is 6.10 Å². The lowest BCUT2D eigenvalue weighted by Gasteiger charge is -2.05. The molecule has 5 heteroatoms. The van der Waals surface area contributed by atoms with Crippen molar-refractivity contribution in [3.63, 3.8) is 0 Å². The highest BCUT2D eigenvalue weighted by molar-refractivity contribution is 4.91. The van der Waals surface area contributed by atoms with Gasteiger partial charge in [0.25, 0.3) is 0 Å². The summed E-state index contributed by atoms with van der Waals surface area (Å²) in [6.45, 7) is 2.00. The number of unbranched alkanes of at least 4 members (excludes halogenated alkanes) is 1. The molecule has 1 aromatic heterocycles. The summed E-state index contributed by atoms with van der Waals surface area (Å²) in [5.41, 5.74) is 0. The minimum atomic E-state index is -0.0986. The van der Waals surface area contributed by atoms with Crippen molar-refractivity contribution in [1.29, 1.82) is 5.26 Å². The second kappa shape index (κ2) is 6.14. The Bertz CT molecular complexity index is 326. The van der Waals surface area contributed by atoms with Crippen LogP contribution in [0.15, 0.2) is 4.52 Å². The SMILES string of the molecule is CCC(OC)c1noc(CCCC#N)n1. The van der Waals surface area contributed by atoms with Crippen LogP contribution in [0.2, 0.25) is 0 Å². The molecule has 82 valence electrons. The van der Waals surface area contributed by atoms with Gasteiger partial charge in [0.2, 0.25) is 11.7 Å². The Morgan fingerprint density at radius 1 is 1.60 bits per heavy atom. The maximum Gasteiger partial charge on any atom is 0.226 e. The highest BCUT2D eigenvalue weighted by atomic mass is 16.5. The Morgan fingerprint density at radius 3 is 3.00 bits per heavy atom. The monoisotopic (exact) mass is 209 g/mol. The van der Waals surface area contributed by atoms with Crippen LogP contribution in [0.1, 0.15) is 44.0 Å². The number of hydrogen-bond donors (Lipinski definition) is 0. The summed E-state index contributed by atoms with van der Waals surface area (Å²) >= 11 is 0. The van der Waals surface area contributed by atoms with Crippen molar-refractivity contribution in [3.8, 4) is 6.07 Å². The molecule has 0 aromatic carbocycles. The average Bonchev–Trinajstić information content (AvgIpc) is 2.69. The topological polar surface area (TPSA) is 71.9 Å². The lowest BCUT2D eigenvalue weighted by atomic mass is 10.2. The first kappa shape index (κ1) is 11.7. The fraction of sp³-hybridized carbons (Fsp3) is 0.700. The molecule has 0 saturated heterocycles. The Labute approximate surface area is 89.0 Å². The first-order chi connectivity index (χ1) is 7.31. The third-order valence-corrected chi connectivity index (χ3v) is 2.11. The van der Waals surface area contributed by atoms with Crippen LogP contribution in [0, 0.1) is 11.3 Å².